The molecule has 1 atom stereocenters. The van der Waals surface area contributed by atoms with Crippen LogP contribution in [0.2, 0.25) is 0 Å². The third-order valence-corrected chi connectivity index (χ3v) is 4.98. The summed E-state index contributed by atoms with van der Waals surface area (Å²) < 4.78 is 5.48. The van der Waals surface area contributed by atoms with Crippen LogP contribution < -0.4 is 5.32 Å². The second kappa shape index (κ2) is 7.02. The van der Waals surface area contributed by atoms with Crippen molar-refractivity contribution in [3.05, 3.63) is 0 Å². The molecule has 4 nitrogen and oxygen atoms in total. The largest absolute Gasteiger partial charge is 0.381 e. The van der Waals surface area contributed by atoms with Gasteiger partial charge in [-0.15, -0.1) is 0 Å². The second-order valence-corrected chi connectivity index (χ2v) is 6.52. The van der Waals surface area contributed by atoms with Gasteiger partial charge in [-0.25, -0.2) is 0 Å². The zero-order valence-corrected chi connectivity index (χ0v) is 12.1. The first-order valence-corrected chi connectivity index (χ1v) is 8.13. The van der Waals surface area contributed by atoms with E-state index in [1.54, 1.807) is 0 Å². The lowest BCUT2D eigenvalue weighted by atomic mass is 9.97. The highest BCUT2D eigenvalue weighted by molar-refractivity contribution is 4.79. The predicted octanol–water partition coefficient (Wildman–Crippen LogP) is 0.640. The van der Waals surface area contributed by atoms with E-state index in [-0.39, 0.29) is 0 Å². The number of hydrogen-bond donors (Lipinski definition) is 1. The predicted molar refractivity (Wildman–Crippen MR) is 77.4 cm³/mol. The fraction of sp³-hybridized carbons (Fsp3) is 1.00. The highest BCUT2D eigenvalue weighted by atomic mass is 16.5. The number of nitrogens with zero attached hydrogens (tertiary/aromatic N) is 2. The maximum Gasteiger partial charge on any atom is 0.0507 e. The van der Waals surface area contributed by atoms with E-state index in [0.717, 1.165) is 25.0 Å². The van der Waals surface area contributed by atoms with Gasteiger partial charge >= 0.3 is 0 Å². The fourth-order valence-corrected chi connectivity index (χ4v) is 3.68. The average Bonchev–Trinajstić information content (AvgIpc) is 2.95. The fourth-order valence-electron chi connectivity index (χ4n) is 3.68. The number of rotatable bonds is 4. The van der Waals surface area contributed by atoms with Crippen molar-refractivity contribution in [3.8, 4) is 0 Å². The summed E-state index contributed by atoms with van der Waals surface area (Å²) in [7, 11) is 0. The molecule has 0 bridgehead atoms. The highest BCUT2D eigenvalue weighted by Crippen LogP contribution is 2.17. The Bertz CT molecular complexity index is 254. The molecular formula is C15H29N3O. The molecule has 3 aliphatic heterocycles. The molecular weight excluding hydrogens is 238 g/mol. The Labute approximate surface area is 117 Å². The monoisotopic (exact) mass is 267 g/mol. The minimum Gasteiger partial charge on any atom is -0.381 e. The van der Waals surface area contributed by atoms with Crippen LogP contribution in [0.1, 0.15) is 19.3 Å². The Kier molecular flexibility index (Phi) is 5.10. The van der Waals surface area contributed by atoms with Gasteiger partial charge in [-0.05, 0) is 44.2 Å². The summed E-state index contributed by atoms with van der Waals surface area (Å²) in [5.74, 6) is 1.74. The van der Waals surface area contributed by atoms with Crippen LogP contribution in [-0.2, 0) is 4.74 Å². The Morgan fingerprint density at radius 2 is 1.47 bits per heavy atom. The van der Waals surface area contributed by atoms with Crippen LogP contribution in [0.4, 0.5) is 0 Å². The highest BCUT2D eigenvalue weighted by Gasteiger charge is 2.24. The molecule has 3 heterocycles. The van der Waals surface area contributed by atoms with Crippen LogP contribution >= 0.6 is 0 Å². The molecule has 0 aromatic carbocycles. The van der Waals surface area contributed by atoms with Crippen LogP contribution in [0.5, 0.6) is 0 Å². The van der Waals surface area contributed by atoms with Crippen molar-refractivity contribution in [2.45, 2.75) is 19.3 Å². The molecule has 1 unspecified atom stereocenters. The lowest BCUT2D eigenvalue weighted by Crippen LogP contribution is -2.49. The molecule has 19 heavy (non-hydrogen) atoms. The van der Waals surface area contributed by atoms with Gasteiger partial charge in [0.1, 0.15) is 0 Å². The quantitative estimate of drug-likeness (QED) is 0.809. The Hall–Kier alpha value is -0.160. The first kappa shape index (κ1) is 13.8. The first-order valence-electron chi connectivity index (χ1n) is 8.13. The van der Waals surface area contributed by atoms with E-state index in [0.29, 0.717) is 0 Å². The number of piperidine rings is 1. The van der Waals surface area contributed by atoms with Crippen molar-refractivity contribution in [1.29, 1.82) is 0 Å². The molecule has 1 N–H and O–H groups in total. The first-order chi connectivity index (χ1) is 9.40. The van der Waals surface area contributed by atoms with Crippen molar-refractivity contribution < 1.29 is 4.74 Å². The SMILES string of the molecule is C1CC(CN2CCN(CC3CCOC3)CC2)CCN1. The summed E-state index contributed by atoms with van der Waals surface area (Å²) in [6, 6.07) is 0. The van der Waals surface area contributed by atoms with Crippen LogP contribution in [-0.4, -0.2) is 75.4 Å². The van der Waals surface area contributed by atoms with Gasteiger partial charge in [-0.2, -0.15) is 0 Å². The second-order valence-electron chi connectivity index (χ2n) is 6.52. The summed E-state index contributed by atoms with van der Waals surface area (Å²) >= 11 is 0. The van der Waals surface area contributed by atoms with E-state index in [1.807, 2.05) is 0 Å². The lowest BCUT2D eigenvalue weighted by molar-refractivity contribution is 0.0956. The van der Waals surface area contributed by atoms with Crippen LogP contribution in [0, 0.1) is 11.8 Å². The molecule has 3 aliphatic rings. The van der Waals surface area contributed by atoms with Gasteiger partial charge in [0.2, 0.25) is 0 Å². The zero-order valence-electron chi connectivity index (χ0n) is 12.1. The van der Waals surface area contributed by atoms with Crippen LogP contribution in [0.15, 0.2) is 0 Å². The Balaban J connectivity index is 1.34. The van der Waals surface area contributed by atoms with Crippen molar-refractivity contribution in [1.82, 2.24) is 15.1 Å². The molecule has 0 radical (unpaired) electrons. The third kappa shape index (κ3) is 4.15. The summed E-state index contributed by atoms with van der Waals surface area (Å²) in [6.07, 6.45) is 4.02. The Morgan fingerprint density at radius 3 is 2.05 bits per heavy atom. The minimum absolute atomic E-state index is 0.802. The summed E-state index contributed by atoms with van der Waals surface area (Å²) in [4.78, 5) is 5.34. The van der Waals surface area contributed by atoms with Crippen molar-refractivity contribution in [2.24, 2.45) is 11.8 Å². The maximum atomic E-state index is 5.48. The summed E-state index contributed by atoms with van der Waals surface area (Å²) in [5, 5.41) is 3.46. The van der Waals surface area contributed by atoms with E-state index in [2.05, 4.69) is 15.1 Å². The summed E-state index contributed by atoms with van der Waals surface area (Å²) in [5.41, 5.74) is 0. The topological polar surface area (TPSA) is 27.7 Å². The van der Waals surface area contributed by atoms with E-state index in [9.17, 15) is 0 Å². The van der Waals surface area contributed by atoms with Gasteiger partial charge in [0.05, 0.1) is 6.61 Å². The maximum absolute atomic E-state index is 5.48. The van der Waals surface area contributed by atoms with E-state index in [4.69, 9.17) is 4.74 Å². The molecule has 0 spiro atoms. The van der Waals surface area contributed by atoms with Gasteiger partial charge in [-0.1, -0.05) is 0 Å². The van der Waals surface area contributed by atoms with Crippen molar-refractivity contribution in [3.63, 3.8) is 0 Å². The number of piperazine rings is 1. The smallest absolute Gasteiger partial charge is 0.0507 e. The zero-order chi connectivity index (χ0) is 12.9. The lowest BCUT2D eigenvalue weighted by Gasteiger charge is -2.38. The molecule has 3 fully saturated rings. The summed E-state index contributed by atoms with van der Waals surface area (Å²) in [6.45, 7) is 12.1. The molecule has 3 saturated heterocycles. The normalized spacial score (nSPS) is 31.9. The van der Waals surface area contributed by atoms with Crippen molar-refractivity contribution in [2.75, 3.05) is 65.6 Å². The third-order valence-electron chi connectivity index (χ3n) is 4.98. The van der Waals surface area contributed by atoms with Crippen molar-refractivity contribution >= 4 is 0 Å². The number of ether oxygens (including phenoxy) is 1. The molecule has 0 amide bonds. The molecule has 0 aromatic rings. The molecule has 4 heteroatoms. The van der Waals surface area contributed by atoms with E-state index < -0.39 is 0 Å². The molecule has 0 saturated carbocycles. The van der Waals surface area contributed by atoms with E-state index >= 15 is 0 Å². The van der Waals surface area contributed by atoms with Gasteiger partial charge in [-0.3, -0.25) is 0 Å². The van der Waals surface area contributed by atoms with E-state index in [1.165, 1.54) is 71.6 Å². The molecule has 110 valence electrons. The van der Waals surface area contributed by atoms with Crippen LogP contribution in [0.25, 0.3) is 0 Å². The minimum atomic E-state index is 0.802. The number of nitrogens with one attached hydrogen (secondary N) is 1. The number of hydrogen-bond acceptors (Lipinski definition) is 4. The Morgan fingerprint density at radius 1 is 0.842 bits per heavy atom. The molecule has 0 aliphatic carbocycles. The standard InChI is InChI=1S/C15H29N3O/c1-4-16-5-2-14(1)11-17-6-8-18(9-7-17)12-15-3-10-19-13-15/h14-16H,1-13H2. The average molecular weight is 267 g/mol. The van der Waals surface area contributed by atoms with Gasteiger partial charge in [0.15, 0.2) is 0 Å². The molecule has 3 rings (SSSR count). The van der Waals surface area contributed by atoms with Gasteiger partial charge in [0, 0.05) is 45.9 Å². The van der Waals surface area contributed by atoms with Crippen LogP contribution in [0.3, 0.4) is 0 Å². The van der Waals surface area contributed by atoms with Gasteiger partial charge in [0.25, 0.3) is 0 Å². The molecule has 0 aromatic heterocycles. The van der Waals surface area contributed by atoms with Gasteiger partial charge < -0.3 is 19.9 Å².